The van der Waals surface area contributed by atoms with E-state index >= 15 is 0 Å². The number of H-pyrrole nitrogens is 1. The molecule has 5 rings (SSSR count). The maximum absolute atomic E-state index is 13.9. The van der Waals surface area contributed by atoms with Crippen LogP contribution in [0.1, 0.15) is 36.9 Å². The van der Waals surface area contributed by atoms with Crippen LogP contribution >= 0.6 is 11.6 Å². The van der Waals surface area contributed by atoms with Crippen LogP contribution in [-0.4, -0.2) is 28.0 Å². The van der Waals surface area contributed by atoms with Gasteiger partial charge in [-0.2, -0.15) is 5.10 Å². The highest BCUT2D eigenvalue weighted by Gasteiger charge is 2.26. The van der Waals surface area contributed by atoms with Gasteiger partial charge in [-0.05, 0) is 55.2 Å². The van der Waals surface area contributed by atoms with Gasteiger partial charge in [-0.15, -0.1) is 0 Å². The van der Waals surface area contributed by atoms with Gasteiger partial charge < -0.3 is 9.30 Å². The number of aromatic nitrogens is 3. The van der Waals surface area contributed by atoms with Crippen LogP contribution in [0.15, 0.2) is 36.5 Å². The van der Waals surface area contributed by atoms with E-state index in [4.69, 9.17) is 16.3 Å². The number of rotatable bonds is 3. The largest absolute Gasteiger partial charge is 0.381 e. The fourth-order valence-corrected chi connectivity index (χ4v) is 4.66. The van der Waals surface area contributed by atoms with Crippen molar-refractivity contribution in [3.05, 3.63) is 58.6 Å². The lowest BCUT2D eigenvalue weighted by molar-refractivity contribution is 0.0841. The van der Waals surface area contributed by atoms with Gasteiger partial charge in [-0.25, -0.2) is 4.39 Å². The Hall–Kier alpha value is -2.37. The van der Waals surface area contributed by atoms with Gasteiger partial charge in [-0.1, -0.05) is 18.5 Å². The second kappa shape index (κ2) is 6.90. The van der Waals surface area contributed by atoms with Gasteiger partial charge in [0.2, 0.25) is 0 Å². The number of nitrogens with zero attached hydrogens (tertiary/aromatic N) is 2. The third-order valence-corrected chi connectivity index (χ3v) is 6.09. The van der Waals surface area contributed by atoms with Gasteiger partial charge >= 0.3 is 0 Å². The highest BCUT2D eigenvalue weighted by atomic mass is 35.5. The molecule has 1 aliphatic heterocycles. The lowest BCUT2D eigenvalue weighted by atomic mass is 9.92. The molecule has 1 fully saturated rings. The summed E-state index contributed by atoms with van der Waals surface area (Å²) in [6.45, 7) is 3.73. The van der Waals surface area contributed by atoms with Crippen LogP contribution in [0.5, 0.6) is 0 Å². The summed E-state index contributed by atoms with van der Waals surface area (Å²) in [5, 5.41) is 9.66. The first-order valence-corrected chi connectivity index (χ1v) is 10.1. The standard InChI is InChI=1S/C22H21ClFN3O/c1-2-16-17-11-20-14(12-25-26-20)9-21(17)27(15-3-4-19(24)18(23)10-15)22(16)13-5-7-28-8-6-13/h3-4,9-13H,2,5-8H2,1H3,(H,25,26). The average Bonchev–Trinajstić information content (AvgIpc) is 3.30. The van der Waals surface area contributed by atoms with Crippen LogP contribution in [0.4, 0.5) is 4.39 Å². The number of aromatic amines is 1. The third-order valence-electron chi connectivity index (χ3n) is 5.80. The van der Waals surface area contributed by atoms with E-state index in [9.17, 15) is 4.39 Å². The zero-order valence-corrected chi connectivity index (χ0v) is 16.4. The van der Waals surface area contributed by atoms with Crippen LogP contribution in [0.2, 0.25) is 5.02 Å². The van der Waals surface area contributed by atoms with E-state index < -0.39 is 5.82 Å². The summed E-state index contributed by atoms with van der Waals surface area (Å²) in [6, 6.07) is 9.31. The molecule has 1 saturated heterocycles. The maximum Gasteiger partial charge on any atom is 0.141 e. The van der Waals surface area contributed by atoms with E-state index in [1.54, 1.807) is 6.07 Å². The third kappa shape index (κ3) is 2.73. The number of hydrogen-bond acceptors (Lipinski definition) is 2. The number of fused-ring (bicyclic) bond motifs is 2. The van der Waals surface area contributed by atoms with Crippen LogP contribution in [0.3, 0.4) is 0 Å². The van der Waals surface area contributed by atoms with E-state index in [1.165, 1.54) is 22.7 Å². The molecule has 144 valence electrons. The first-order valence-electron chi connectivity index (χ1n) is 9.71. The molecule has 4 nitrogen and oxygen atoms in total. The molecule has 6 heteroatoms. The van der Waals surface area contributed by atoms with Crippen molar-refractivity contribution in [2.45, 2.75) is 32.1 Å². The Labute approximate surface area is 167 Å². The topological polar surface area (TPSA) is 42.8 Å². The predicted molar refractivity (Wildman–Crippen MR) is 110 cm³/mol. The SMILES string of the molecule is CCc1c(C2CCOCC2)n(-c2ccc(F)c(Cl)c2)c2cc3cn[nH]c3cc12. The van der Waals surface area contributed by atoms with Crippen molar-refractivity contribution in [3.63, 3.8) is 0 Å². The summed E-state index contributed by atoms with van der Waals surface area (Å²) in [7, 11) is 0. The van der Waals surface area contributed by atoms with Crippen molar-refractivity contribution < 1.29 is 9.13 Å². The molecule has 28 heavy (non-hydrogen) atoms. The zero-order valence-electron chi connectivity index (χ0n) is 15.6. The first kappa shape index (κ1) is 17.7. The molecule has 0 amide bonds. The predicted octanol–water partition coefficient (Wildman–Crippen LogP) is 5.76. The summed E-state index contributed by atoms with van der Waals surface area (Å²) in [5.74, 6) is -0.00108. The van der Waals surface area contributed by atoms with Crippen LogP contribution in [-0.2, 0) is 11.2 Å². The number of hydrogen-bond donors (Lipinski definition) is 1. The molecule has 2 aromatic heterocycles. The summed E-state index contributed by atoms with van der Waals surface area (Å²) < 4.78 is 21.7. The quantitative estimate of drug-likeness (QED) is 0.478. The molecule has 1 N–H and O–H groups in total. The molecule has 0 bridgehead atoms. The minimum atomic E-state index is -0.401. The van der Waals surface area contributed by atoms with E-state index in [0.717, 1.165) is 54.6 Å². The Kier molecular flexibility index (Phi) is 4.37. The minimum Gasteiger partial charge on any atom is -0.381 e. The van der Waals surface area contributed by atoms with Crippen molar-refractivity contribution in [2.24, 2.45) is 0 Å². The van der Waals surface area contributed by atoms with Gasteiger partial charge in [0.1, 0.15) is 5.82 Å². The van der Waals surface area contributed by atoms with Gasteiger partial charge in [-0.3, -0.25) is 5.10 Å². The second-order valence-electron chi connectivity index (χ2n) is 7.36. The molecule has 3 heterocycles. The first-order chi connectivity index (χ1) is 13.7. The zero-order chi connectivity index (χ0) is 19.3. The molecule has 4 aromatic rings. The van der Waals surface area contributed by atoms with Crippen molar-refractivity contribution in [1.29, 1.82) is 0 Å². The van der Waals surface area contributed by atoms with Crippen molar-refractivity contribution in [1.82, 2.24) is 14.8 Å². The van der Waals surface area contributed by atoms with E-state index in [0.29, 0.717) is 5.92 Å². The van der Waals surface area contributed by atoms with Gasteiger partial charge in [0.05, 0.1) is 22.3 Å². The normalized spacial score (nSPS) is 15.7. The minimum absolute atomic E-state index is 0.139. The number of ether oxygens (including phenoxy) is 1. The molecule has 0 atom stereocenters. The second-order valence-corrected chi connectivity index (χ2v) is 7.77. The Balaban J connectivity index is 1.86. The Morgan fingerprint density at radius 3 is 2.82 bits per heavy atom. The highest BCUT2D eigenvalue weighted by Crippen LogP contribution is 2.40. The Morgan fingerprint density at radius 2 is 2.07 bits per heavy atom. The van der Waals surface area contributed by atoms with Gasteiger partial charge in [0, 0.05) is 41.3 Å². The fraction of sp³-hybridized carbons (Fsp3) is 0.318. The van der Waals surface area contributed by atoms with E-state index in [1.807, 2.05) is 12.3 Å². The summed E-state index contributed by atoms with van der Waals surface area (Å²) >= 11 is 6.15. The van der Waals surface area contributed by atoms with E-state index in [2.05, 4.69) is 33.8 Å². The molecule has 0 radical (unpaired) electrons. The van der Waals surface area contributed by atoms with Gasteiger partial charge in [0.25, 0.3) is 0 Å². The van der Waals surface area contributed by atoms with Crippen LogP contribution < -0.4 is 0 Å². The molecule has 0 aliphatic carbocycles. The monoisotopic (exact) mass is 397 g/mol. The number of nitrogens with one attached hydrogen (secondary N) is 1. The highest BCUT2D eigenvalue weighted by molar-refractivity contribution is 6.30. The summed E-state index contributed by atoms with van der Waals surface area (Å²) in [6.07, 6.45) is 4.73. The lowest BCUT2D eigenvalue weighted by Crippen LogP contribution is -2.18. The Morgan fingerprint density at radius 1 is 1.25 bits per heavy atom. The van der Waals surface area contributed by atoms with Crippen molar-refractivity contribution in [3.8, 4) is 5.69 Å². The summed E-state index contributed by atoms with van der Waals surface area (Å²) in [4.78, 5) is 0. The van der Waals surface area contributed by atoms with Crippen LogP contribution in [0.25, 0.3) is 27.5 Å². The summed E-state index contributed by atoms with van der Waals surface area (Å²) in [5.41, 5.74) is 5.65. The maximum atomic E-state index is 13.9. The molecular weight excluding hydrogens is 377 g/mol. The average molecular weight is 398 g/mol. The fourth-order valence-electron chi connectivity index (χ4n) is 4.48. The molecule has 1 aliphatic rings. The number of benzene rings is 2. The number of halogens is 2. The lowest BCUT2D eigenvalue weighted by Gasteiger charge is -2.25. The molecular formula is C22H21ClFN3O. The molecule has 2 aromatic carbocycles. The smallest absolute Gasteiger partial charge is 0.141 e. The molecule has 0 unspecified atom stereocenters. The van der Waals surface area contributed by atoms with Gasteiger partial charge in [0.15, 0.2) is 0 Å². The molecule has 0 saturated carbocycles. The molecule has 0 spiro atoms. The Bertz CT molecular complexity index is 1170. The van der Waals surface area contributed by atoms with Crippen LogP contribution in [0, 0.1) is 5.82 Å². The number of aryl methyl sites for hydroxylation is 1. The van der Waals surface area contributed by atoms with Crippen molar-refractivity contribution >= 4 is 33.4 Å². The van der Waals surface area contributed by atoms with Crippen molar-refractivity contribution in [2.75, 3.05) is 13.2 Å². The van der Waals surface area contributed by atoms with E-state index in [-0.39, 0.29) is 5.02 Å².